The van der Waals surface area contributed by atoms with Gasteiger partial charge in [0.25, 0.3) is 0 Å². The molecule has 0 atom stereocenters. The molecule has 21 heavy (non-hydrogen) atoms. The number of aromatic nitrogens is 1. The van der Waals surface area contributed by atoms with E-state index in [1.54, 1.807) is 25.6 Å². The lowest BCUT2D eigenvalue weighted by Crippen LogP contribution is -2.23. The normalized spacial score (nSPS) is 10.5. The first-order valence-corrected chi connectivity index (χ1v) is 6.77. The largest absolute Gasteiger partial charge is 0.496 e. The molecule has 0 fully saturated rings. The number of nitrogens with one attached hydrogen (secondary N) is 1. The van der Waals surface area contributed by atoms with Crippen LogP contribution in [0.3, 0.4) is 0 Å². The summed E-state index contributed by atoms with van der Waals surface area (Å²) in [6.07, 6.45) is 7.41. The van der Waals surface area contributed by atoms with Gasteiger partial charge in [0.2, 0.25) is 5.91 Å². The Labute approximate surface area is 124 Å². The minimum atomic E-state index is -0.110. The van der Waals surface area contributed by atoms with Crippen molar-refractivity contribution in [3.63, 3.8) is 0 Å². The fourth-order valence-electron chi connectivity index (χ4n) is 1.94. The molecule has 1 aromatic carbocycles. The highest BCUT2D eigenvalue weighted by atomic mass is 16.5. The number of hydrogen-bond acceptors (Lipinski definition) is 3. The van der Waals surface area contributed by atoms with Crippen molar-refractivity contribution in [2.45, 2.75) is 6.42 Å². The zero-order valence-electron chi connectivity index (χ0n) is 12.0. The average molecular weight is 282 g/mol. The standard InChI is InChI=1S/C17H18N2O2/c1-21-16-5-3-2-4-15(16)10-13-19-17(20)7-6-14-8-11-18-12-9-14/h2-9,11-12H,10,13H2,1H3,(H,19,20)/b7-6+. The summed E-state index contributed by atoms with van der Waals surface area (Å²) in [7, 11) is 1.65. The Morgan fingerprint density at radius 2 is 2.00 bits per heavy atom. The minimum Gasteiger partial charge on any atom is -0.496 e. The van der Waals surface area contributed by atoms with E-state index in [1.807, 2.05) is 36.4 Å². The van der Waals surface area contributed by atoms with Crippen LogP contribution >= 0.6 is 0 Å². The Hall–Kier alpha value is -2.62. The molecular formula is C17H18N2O2. The SMILES string of the molecule is COc1ccccc1CCNC(=O)/C=C/c1ccncc1. The Kier molecular flexibility index (Phi) is 5.52. The van der Waals surface area contributed by atoms with Gasteiger partial charge in [-0.25, -0.2) is 0 Å². The summed E-state index contributed by atoms with van der Waals surface area (Å²) in [5.41, 5.74) is 2.03. The molecule has 1 heterocycles. The summed E-state index contributed by atoms with van der Waals surface area (Å²) in [5.74, 6) is 0.737. The monoisotopic (exact) mass is 282 g/mol. The number of rotatable bonds is 6. The van der Waals surface area contributed by atoms with Crippen molar-refractivity contribution in [3.8, 4) is 5.75 Å². The van der Waals surface area contributed by atoms with Crippen LogP contribution in [0.1, 0.15) is 11.1 Å². The lowest BCUT2D eigenvalue weighted by atomic mass is 10.1. The quantitative estimate of drug-likeness (QED) is 0.828. The number of amides is 1. The van der Waals surface area contributed by atoms with E-state index in [9.17, 15) is 4.79 Å². The van der Waals surface area contributed by atoms with Crippen LogP contribution in [0.15, 0.2) is 54.9 Å². The average Bonchev–Trinajstić information content (AvgIpc) is 2.54. The molecular weight excluding hydrogens is 264 g/mol. The molecule has 1 N–H and O–H groups in total. The number of benzene rings is 1. The van der Waals surface area contributed by atoms with E-state index in [1.165, 1.54) is 6.08 Å². The predicted octanol–water partition coefficient (Wildman–Crippen LogP) is 2.46. The lowest BCUT2D eigenvalue weighted by Gasteiger charge is -2.08. The van der Waals surface area contributed by atoms with Crippen LogP contribution < -0.4 is 10.1 Å². The number of hydrogen-bond donors (Lipinski definition) is 1. The number of ether oxygens (including phenoxy) is 1. The van der Waals surface area contributed by atoms with E-state index < -0.39 is 0 Å². The molecule has 2 aromatic rings. The fraction of sp³-hybridized carbons (Fsp3) is 0.176. The second-order valence-electron chi connectivity index (χ2n) is 4.47. The summed E-state index contributed by atoms with van der Waals surface area (Å²) in [5, 5.41) is 2.86. The van der Waals surface area contributed by atoms with Gasteiger partial charge in [-0.2, -0.15) is 0 Å². The van der Waals surface area contributed by atoms with Gasteiger partial charge in [0.05, 0.1) is 7.11 Å². The molecule has 2 rings (SSSR count). The minimum absolute atomic E-state index is 0.110. The van der Waals surface area contributed by atoms with Crippen LogP contribution in [-0.2, 0) is 11.2 Å². The van der Waals surface area contributed by atoms with E-state index in [2.05, 4.69) is 10.3 Å². The van der Waals surface area contributed by atoms with Crippen LogP contribution in [0.25, 0.3) is 6.08 Å². The maximum atomic E-state index is 11.7. The molecule has 0 saturated heterocycles. The van der Waals surface area contributed by atoms with Gasteiger partial charge in [0, 0.05) is 25.0 Å². The second-order valence-corrected chi connectivity index (χ2v) is 4.47. The van der Waals surface area contributed by atoms with Gasteiger partial charge in [0.15, 0.2) is 0 Å². The van der Waals surface area contributed by atoms with Gasteiger partial charge in [-0.3, -0.25) is 9.78 Å². The molecule has 1 aromatic heterocycles. The zero-order chi connectivity index (χ0) is 14.9. The number of para-hydroxylation sites is 1. The van der Waals surface area contributed by atoms with E-state index in [0.717, 1.165) is 23.3 Å². The van der Waals surface area contributed by atoms with Crippen molar-refractivity contribution >= 4 is 12.0 Å². The number of pyridine rings is 1. The third kappa shape index (κ3) is 4.76. The van der Waals surface area contributed by atoms with Crippen LogP contribution in [0.5, 0.6) is 5.75 Å². The van der Waals surface area contributed by atoms with Gasteiger partial charge in [-0.1, -0.05) is 18.2 Å². The summed E-state index contributed by atoms with van der Waals surface area (Å²) < 4.78 is 5.28. The molecule has 0 saturated carbocycles. The van der Waals surface area contributed by atoms with Gasteiger partial charge >= 0.3 is 0 Å². The van der Waals surface area contributed by atoms with Crippen LogP contribution in [0.2, 0.25) is 0 Å². The van der Waals surface area contributed by atoms with Crippen molar-refractivity contribution in [1.29, 1.82) is 0 Å². The number of carbonyl (C=O) groups excluding carboxylic acids is 1. The first-order chi connectivity index (χ1) is 10.3. The maximum absolute atomic E-state index is 11.7. The molecule has 4 nitrogen and oxygen atoms in total. The van der Waals surface area contributed by atoms with E-state index in [-0.39, 0.29) is 5.91 Å². The van der Waals surface area contributed by atoms with Crippen molar-refractivity contribution in [1.82, 2.24) is 10.3 Å². The molecule has 0 aliphatic heterocycles. The van der Waals surface area contributed by atoms with Crippen LogP contribution in [0.4, 0.5) is 0 Å². The number of methoxy groups -OCH3 is 1. The predicted molar refractivity (Wildman–Crippen MR) is 83.0 cm³/mol. The van der Waals surface area contributed by atoms with Crippen molar-refractivity contribution < 1.29 is 9.53 Å². The molecule has 0 unspecified atom stereocenters. The topological polar surface area (TPSA) is 51.2 Å². The molecule has 0 aliphatic carbocycles. The van der Waals surface area contributed by atoms with E-state index >= 15 is 0 Å². The smallest absolute Gasteiger partial charge is 0.244 e. The van der Waals surface area contributed by atoms with Crippen molar-refractivity contribution in [2.24, 2.45) is 0 Å². The molecule has 0 aliphatic rings. The van der Waals surface area contributed by atoms with Crippen LogP contribution in [-0.4, -0.2) is 24.5 Å². The molecule has 0 radical (unpaired) electrons. The van der Waals surface area contributed by atoms with Gasteiger partial charge in [0.1, 0.15) is 5.75 Å². The first kappa shape index (κ1) is 14.8. The van der Waals surface area contributed by atoms with Crippen LogP contribution in [0, 0.1) is 0 Å². The van der Waals surface area contributed by atoms with E-state index in [4.69, 9.17) is 4.74 Å². The molecule has 1 amide bonds. The summed E-state index contributed by atoms with van der Waals surface area (Å²) in [6, 6.07) is 11.5. The van der Waals surface area contributed by atoms with E-state index in [0.29, 0.717) is 6.54 Å². The summed E-state index contributed by atoms with van der Waals surface area (Å²) in [6.45, 7) is 0.569. The molecule has 0 spiro atoms. The zero-order valence-corrected chi connectivity index (χ0v) is 12.0. The maximum Gasteiger partial charge on any atom is 0.244 e. The Morgan fingerprint density at radius 3 is 2.76 bits per heavy atom. The molecule has 4 heteroatoms. The van der Waals surface area contributed by atoms with Gasteiger partial charge in [-0.05, 0) is 41.8 Å². The lowest BCUT2D eigenvalue weighted by molar-refractivity contribution is -0.116. The summed E-state index contributed by atoms with van der Waals surface area (Å²) in [4.78, 5) is 15.6. The molecule has 0 bridgehead atoms. The third-order valence-electron chi connectivity index (χ3n) is 3.02. The van der Waals surface area contributed by atoms with Crippen molar-refractivity contribution in [2.75, 3.05) is 13.7 Å². The Balaban J connectivity index is 1.81. The highest BCUT2D eigenvalue weighted by Gasteiger charge is 2.02. The highest BCUT2D eigenvalue weighted by molar-refractivity contribution is 5.91. The van der Waals surface area contributed by atoms with Gasteiger partial charge in [-0.15, -0.1) is 0 Å². The highest BCUT2D eigenvalue weighted by Crippen LogP contribution is 2.17. The molecule has 108 valence electrons. The Bertz CT molecular complexity index is 609. The fourth-order valence-corrected chi connectivity index (χ4v) is 1.94. The number of carbonyl (C=O) groups is 1. The van der Waals surface area contributed by atoms with Crippen molar-refractivity contribution in [3.05, 3.63) is 66.0 Å². The number of nitrogens with zero attached hydrogens (tertiary/aromatic N) is 1. The Morgan fingerprint density at radius 1 is 1.24 bits per heavy atom. The second kappa shape index (κ2) is 7.85. The van der Waals surface area contributed by atoms with Gasteiger partial charge < -0.3 is 10.1 Å². The summed E-state index contributed by atoms with van der Waals surface area (Å²) >= 11 is 0. The first-order valence-electron chi connectivity index (χ1n) is 6.77. The third-order valence-corrected chi connectivity index (χ3v) is 3.02.